The van der Waals surface area contributed by atoms with Gasteiger partial charge in [-0.25, -0.2) is 0 Å². The van der Waals surface area contributed by atoms with E-state index in [1.807, 2.05) is 32.1 Å². The molecule has 2 aliphatic heterocycles. The first-order valence-electron chi connectivity index (χ1n) is 4.13. The van der Waals surface area contributed by atoms with Crippen LogP contribution in [0.3, 0.4) is 0 Å². The van der Waals surface area contributed by atoms with E-state index in [2.05, 4.69) is 16.1 Å². The molecule has 0 unspecified atom stereocenters. The van der Waals surface area contributed by atoms with Gasteiger partial charge in [0.1, 0.15) is 5.84 Å². The van der Waals surface area contributed by atoms with Gasteiger partial charge in [0.2, 0.25) is 0 Å². The third kappa shape index (κ3) is 1.70. The van der Waals surface area contributed by atoms with E-state index in [1.54, 1.807) is 0 Å². The van der Waals surface area contributed by atoms with Gasteiger partial charge in [-0.1, -0.05) is 19.9 Å². The standard InChI is InChI=1S/C7H8N2.C2H6/c1-2-5-9-6-4-8-7(9)3-1;1-2/h1-3,5H,4,6H2;1-2H3. The molecule has 0 saturated carbocycles. The van der Waals surface area contributed by atoms with Crippen molar-refractivity contribution < 1.29 is 0 Å². The maximum Gasteiger partial charge on any atom is 0.127 e. The second-order valence-corrected chi connectivity index (χ2v) is 2.13. The minimum absolute atomic E-state index is 0.948. The lowest BCUT2D eigenvalue weighted by molar-refractivity contribution is 0.611. The van der Waals surface area contributed by atoms with Crippen molar-refractivity contribution in [3.63, 3.8) is 0 Å². The molecule has 2 aliphatic rings. The monoisotopic (exact) mass is 150 g/mol. The maximum atomic E-state index is 4.26. The molecule has 0 bridgehead atoms. The van der Waals surface area contributed by atoms with E-state index in [4.69, 9.17) is 0 Å². The highest BCUT2D eigenvalue weighted by molar-refractivity contribution is 5.95. The molecular weight excluding hydrogens is 136 g/mol. The molecule has 0 atom stereocenters. The summed E-state index contributed by atoms with van der Waals surface area (Å²) < 4.78 is 0. The van der Waals surface area contributed by atoms with Crippen LogP contribution in [-0.2, 0) is 0 Å². The number of allylic oxidation sites excluding steroid dienone is 2. The molecular formula is C9H14N2. The van der Waals surface area contributed by atoms with E-state index in [0.29, 0.717) is 0 Å². The Morgan fingerprint density at radius 3 is 2.91 bits per heavy atom. The Hall–Kier alpha value is -1.05. The summed E-state index contributed by atoms with van der Waals surface area (Å²) in [6, 6.07) is 0. The summed E-state index contributed by atoms with van der Waals surface area (Å²) in [6.45, 7) is 6.00. The van der Waals surface area contributed by atoms with Crippen LogP contribution in [0.15, 0.2) is 29.4 Å². The molecule has 2 heteroatoms. The first-order chi connectivity index (χ1) is 5.47. The van der Waals surface area contributed by atoms with Gasteiger partial charge < -0.3 is 4.90 Å². The molecule has 2 rings (SSSR count). The zero-order valence-electron chi connectivity index (χ0n) is 7.12. The fourth-order valence-electron chi connectivity index (χ4n) is 1.07. The first kappa shape index (κ1) is 8.05. The fourth-order valence-corrected chi connectivity index (χ4v) is 1.07. The lowest BCUT2D eigenvalue weighted by Crippen LogP contribution is -2.20. The van der Waals surface area contributed by atoms with Crippen molar-refractivity contribution >= 4 is 5.84 Å². The summed E-state index contributed by atoms with van der Waals surface area (Å²) in [5, 5.41) is 0. The number of nitrogens with zero attached hydrogens (tertiary/aromatic N) is 2. The van der Waals surface area contributed by atoms with Crippen molar-refractivity contribution in [2.24, 2.45) is 4.99 Å². The molecule has 11 heavy (non-hydrogen) atoms. The van der Waals surface area contributed by atoms with Crippen molar-refractivity contribution in [1.29, 1.82) is 0 Å². The Bertz CT molecular complexity index is 199. The van der Waals surface area contributed by atoms with Crippen molar-refractivity contribution in [1.82, 2.24) is 4.90 Å². The summed E-state index contributed by atoms with van der Waals surface area (Å²) in [4.78, 5) is 6.42. The van der Waals surface area contributed by atoms with Crippen LogP contribution in [-0.4, -0.2) is 23.8 Å². The van der Waals surface area contributed by atoms with Gasteiger partial charge in [0.15, 0.2) is 0 Å². The van der Waals surface area contributed by atoms with E-state index in [1.165, 1.54) is 0 Å². The van der Waals surface area contributed by atoms with Gasteiger partial charge in [-0.05, 0) is 12.2 Å². The van der Waals surface area contributed by atoms with Crippen LogP contribution in [0, 0.1) is 0 Å². The number of hydrogen-bond acceptors (Lipinski definition) is 2. The summed E-state index contributed by atoms with van der Waals surface area (Å²) >= 11 is 0. The summed E-state index contributed by atoms with van der Waals surface area (Å²) in [5.41, 5.74) is 0. The van der Waals surface area contributed by atoms with Crippen LogP contribution in [0.2, 0.25) is 0 Å². The van der Waals surface area contributed by atoms with Gasteiger partial charge in [-0.2, -0.15) is 0 Å². The van der Waals surface area contributed by atoms with E-state index in [9.17, 15) is 0 Å². The number of fused-ring (bicyclic) bond motifs is 1. The van der Waals surface area contributed by atoms with Crippen LogP contribution in [0.25, 0.3) is 0 Å². The zero-order chi connectivity index (χ0) is 8.10. The van der Waals surface area contributed by atoms with E-state index >= 15 is 0 Å². The van der Waals surface area contributed by atoms with Crippen LogP contribution in [0.1, 0.15) is 13.8 Å². The Morgan fingerprint density at radius 1 is 1.36 bits per heavy atom. The molecule has 0 amide bonds. The number of amidine groups is 1. The quantitative estimate of drug-likeness (QED) is 0.514. The molecule has 0 spiro atoms. The summed E-state index contributed by atoms with van der Waals surface area (Å²) in [5.74, 6) is 1.11. The molecule has 0 aliphatic carbocycles. The molecule has 0 N–H and O–H groups in total. The Kier molecular flexibility index (Phi) is 2.90. The average Bonchev–Trinajstić information content (AvgIpc) is 2.55. The van der Waals surface area contributed by atoms with Crippen molar-refractivity contribution in [3.05, 3.63) is 24.4 Å². The largest absolute Gasteiger partial charge is 0.331 e. The predicted octanol–water partition coefficient (Wildman–Crippen LogP) is 1.81. The van der Waals surface area contributed by atoms with E-state index in [0.717, 1.165) is 18.9 Å². The summed E-state index contributed by atoms with van der Waals surface area (Å²) in [7, 11) is 0. The Morgan fingerprint density at radius 2 is 2.18 bits per heavy atom. The SMILES string of the molecule is C1=CC2=NCCN2C=C1.CC. The Labute approximate surface area is 67.9 Å². The zero-order valence-corrected chi connectivity index (χ0v) is 7.12. The first-order valence-corrected chi connectivity index (χ1v) is 4.13. The Balaban J connectivity index is 0.000000281. The molecule has 0 radical (unpaired) electrons. The van der Waals surface area contributed by atoms with Crippen molar-refractivity contribution in [2.75, 3.05) is 13.1 Å². The van der Waals surface area contributed by atoms with Crippen molar-refractivity contribution in [3.8, 4) is 0 Å². The second kappa shape index (κ2) is 3.96. The molecule has 2 heterocycles. The highest BCUT2D eigenvalue weighted by atomic mass is 15.2. The van der Waals surface area contributed by atoms with Gasteiger partial charge in [0.05, 0.1) is 6.54 Å². The third-order valence-corrected chi connectivity index (χ3v) is 1.53. The maximum absolute atomic E-state index is 4.26. The van der Waals surface area contributed by atoms with E-state index < -0.39 is 0 Å². The number of hydrogen-bond donors (Lipinski definition) is 0. The summed E-state index contributed by atoms with van der Waals surface area (Å²) in [6.07, 6.45) is 8.14. The van der Waals surface area contributed by atoms with Crippen LogP contribution < -0.4 is 0 Å². The van der Waals surface area contributed by atoms with Gasteiger partial charge in [0.25, 0.3) is 0 Å². The van der Waals surface area contributed by atoms with Gasteiger partial charge in [0, 0.05) is 12.7 Å². The average molecular weight is 150 g/mol. The van der Waals surface area contributed by atoms with Gasteiger partial charge in [-0.15, -0.1) is 0 Å². The number of rotatable bonds is 0. The highest BCUT2D eigenvalue weighted by Gasteiger charge is 2.11. The fraction of sp³-hybridized carbons (Fsp3) is 0.444. The molecule has 2 nitrogen and oxygen atoms in total. The number of aliphatic imine (C=N–C) groups is 1. The minimum Gasteiger partial charge on any atom is -0.331 e. The topological polar surface area (TPSA) is 15.6 Å². The highest BCUT2D eigenvalue weighted by Crippen LogP contribution is 2.06. The molecule has 0 saturated heterocycles. The lowest BCUT2D eigenvalue weighted by atomic mass is 10.3. The molecule has 0 aromatic carbocycles. The van der Waals surface area contributed by atoms with Crippen LogP contribution in [0.5, 0.6) is 0 Å². The van der Waals surface area contributed by atoms with Crippen LogP contribution >= 0.6 is 0 Å². The lowest BCUT2D eigenvalue weighted by Gasteiger charge is -2.13. The van der Waals surface area contributed by atoms with Gasteiger partial charge in [-0.3, -0.25) is 4.99 Å². The predicted molar refractivity (Wildman–Crippen MR) is 48.6 cm³/mol. The smallest absolute Gasteiger partial charge is 0.127 e. The van der Waals surface area contributed by atoms with Crippen LogP contribution in [0.4, 0.5) is 0 Å². The molecule has 0 aromatic heterocycles. The van der Waals surface area contributed by atoms with Gasteiger partial charge >= 0.3 is 0 Å². The molecule has 60 valence electrons. The second-order valence-electron chi connectivity index (χ2n) is 2.13. The van der Waals surface area contributed by atoms with E-state index in [-0.39, 0.29) is 0 Å². The molecule has 0 aromatic rings. The normalized spacial score (nSPS) is 18.7. The molecule has 0 fully saturated rings. The van der Waals surface area contributed by atoms with Crippen molar-refractivity contribution in [2.45, 2.75) is 13.8 Å². The third-order valence-electron chi connectivity index (χ3n) is 1.53. The minimum atomic E-state index is 0.948.